The van der Waals surface area contributed by atoms with Gasteiger partial charge in [-0.3, -0.25) is 4.79 Å². The average Bonchev–Trinajstić information content (AvgIpc) is 2.70. The van der Waals surface area contributed by atoms with Crippen LogP contribution in [0.3, 0.4) is 0 Å². The summed E-state index contributed by atoms with van der Waals surface area (Å²) in [5.74, 6) is 1.07. The van der Waals surface area contributed by atoms with Crippen molar-refractivity contribution in [3.05, 3.63) is 78.4 Å². The van der Waals surface area contributed by atoms with E-state index in [-0.39, 0.29) is 5.91 Å². The van der Waals surface area contributed by atoms with E-state index in [1.807, 2.05) is 61.5 Å². The van der Waals surface area contributed by atoms with Crippen molar-refractivity contribution >= 4 is 11.6 Å². The minimum atomic E-state index is -0.196. The van der Waals surface area contributed by atoms with E-state index in [9.17, 15) is 4.79 Å². The fourth-order valence-electron chi connectivity index (χ4n) is 2.65. The Morgan fingerprint density at radius 3 is 2.27 bits per heavy atom. The summed E-state index contributed by atoms with van der Waals surface area (Å²) < 4.78 is 10.8. The van der Waals surface area contributed by atoms with Gasteiger partial charge in [0.05, 0.1) is 19.4 Å². The van der Waals surface area contributed by atoms with Gasteiger partial charge in [0.15, 0.2) is 0 Å². The molecule has 3 aromatic carbocycles. The molecule has 3 rings (SSSR count). The molecule has 26 heavy (non-hydrogen) atoms. The number of carbonyl (C=O) groups is 1. The summed E-state index contributed by atoms with van der Waals surface area (Å²) in [7, 11) is 1.59. The molecule has 1 N–H and O–H groups in total. The van der Waals surface area contributed by atoms with E-state index in [2.05, 4.69) is 5.32 Å². The van der Waals surface area contributed by atoms with Crippen molar-refractivity contribution in [1.29, 1.82) is 0 Å². The van der Waals surface area contributed by atoms with Crippen LogP contribution < -0.4 is 14.8 Å². The van der Waals surface area contributed by atoms with Gasteiger partial charge in [-0.15, -0.1) is 0 Å². The molecule has 1 amide bonds. The van der Waals surface area contributed by atoms with E-state index in [1.165, 1.54) is 0 Å². The van der Waals surface area contributed by atoms with E-state index in [4.69, 9.17) is 9.47 Å². The predicted molar refractivity (Wildman–Crippen MR) is 104 cm³/mol. The zero-order valence-electron chi connectivity index (χ0n) is 14.9. The van der Waals surface area contributed by atoms with Crippen LogP contribution in [0, 0.1) is 0 Å². The highest BCUT2D eigenvalue weighted by Crippen LogP contribution is 2.30. The maximum absolute atomic E-state index is 12.6. The number of hydrogen-bond acceptors (Lipinski definition) is 3. The highest BCUT2D eigenvalue weighted by atomic mass is 16.5. The lowest BCUT2D eigenvalue weighted by Crippen LogP contribution is -2.13. The fraction of sp³-hybridized carbons (Fsp3) is 0.136. The van der Waals surface area contributed by atoms with Crippen molar-refractivity contribution in [1.82, 2.24) is 0 Å². The maximum atomic E-state index is 12.6. The van der Waals surface area contributed by atoms with Gasteiger partial charge in [0.1, 0.15) is 11.5 Å². The Hall–Kier alpha value is -3.27. The standard InChI is InChI=1S/C22H21NO3/c1-3-26-21-14-13-19(25-2)15-20(21)23-22(24)18-11-9-17(10-12-18)16-7-5-4-6-8-16/h4-15H,3H2,1-2H3,(H,23,24). The molecule has 0 fully saturated rings. The average molecular weight is 347 g/mol. The minimum absolute atomic E-state index is 0.196. The number of nitrogens with one attached hydrogen (secondary N) is 1. The van der Waals surface area contributed by atoms with Gasteiger partial charge in [0.25, 0.3) is 5.91 Å². The number of benzene rings is 3. The molecule has 0 aromatic heterocycles. The lowest BCUT2D eigenvalue weighted by Gasteiger charge is -2.13. The second kappa shape index (κ2) is 8.21. The van der Waals surface area contributed by atoms with Crippen LogP contribution >= 0.6 is 0 Å². The molecule has 0 aliphatic rings. The molecule has 132 valence electrons. The second-order valence-electron chi connectivity index (χ2n) is 5.69. The van der Waals surface area contributed by atoms with Gasteiger partial charge in [0, 0.05) is 11.6 Å². The first kappa shape index (κ1) is 17.5. The molecule has 0 radical (unpaired) electrons. The van der Waals surface area contributed by atoms with E-state index >= 15 is 0 Å². The molecule has 0 saturated carbocycles. The van der Waals surface area contributed by atoms with Crippen molar-refractivity contribution in [2.45, 2.75) is 6.92 Å². The van der Waals surface area contributed by atoms with Crippen LogP contribution in [-0.4, -0.2) is 19.6 Å². The molecule has 3 aromatic rings. The Labute approximate surface area is 153 Å². The van der Waals surface area contributed by atoms with Crippen LogP contribution in [0.15, 0.2) is 72.8 Å². The molecule has 0 aliphatic heterocycles. The SMILES string of the molecule is CCOc1ccc(OC)cc1NC(=O)c1ccc(-c2ccccc2)cc1. The van der Waals surface area contributed by atoms with E-state index in [1.54, 1.807) is 25.3 Å². The first-order valence-electron chi connectivity index (χ1n) is 8.49. The Kier molecular flexibility index (Phi) is 5.54. The van der Waals surface area contributed by atoms with Crippen LogP contribution in [0.4, 0.5) is 5.69 Å². The monoisotopic (exact) mass is 347 g/mol. The summed E-state index contributed by atoms with van der Waals surface area (Å²) >= 11 is 0. The number of hydrogen-bond donors (Lipinski definition) is 1. The molecule has 0 unspecified atom stereocenters. The van der Waals surface area contributed by atoms with E-state index in [0.29, 0.717) is 29.4 Å². The first-order chi connectivity index (χ1) is 12.7. The van der Waals surface area contributed by atoms with Gasteiger partial charge in [-0.2, -0.15) is 0 Å². The third-order valence-corrected chi connectivity index (χ3v) is 3.99. The molecule has 0 spiro atoms. The Morgan fingerprint density at radius 1 is 0.923 bits per heavy atom. The molecule has 0 saturated heterocycles. The highest BCUT2D eigenvalue weighted by molar-refractivity contribution is 6.05. The number of amides is 1. The summed E-state index contributed by atoms with van der Waals surface area (Å²) in [5, 5.41) is 2.90. The lowest BCUT2D eigenvalue weighted by atomic mass is 10.0. The third-order valence-electron chi connectivity index (χ3n) is 3.99. The van der Waals surface area contributed by atoms with Gasteiger partial charge in [-0.25, -0.2) is 0 Å². The van der Waals surface area contributed by atoms with Crippen molar-refractivity contribution in [3.63, 3.8) is 0 Å². The number of carbonyl (C=O) groups excluding carboxylic acids is 1. The van der Waals surface area contributed by atoms with Crippen LogP contribution in [-0.2, 0) is 0 Å². The Morgan fingerprint density at radius 2 is 1.62 bits per heavy atom. The Balaban J connectivity index is 1.80. The molecule has 4 nitrogen and oxygen atoms in total. The molecular weight excluding hydrogens is 326 g/mol. The van der Waals surface area contributed by atoms with Crippen molar-refractivity contribution in [2.24, 2.45) is 0 Å². The number of ether oxygens (including phenoxy) is 2. The summed E-state index contributed by atoms with van der Waals surface area (Å²) in [6.45, 7) is 2.42. The smallest absolute Gasteiger partial charge is 0.255 e. The van der Waals surface area contributed by atoms with Crippen LogP contribution in [0.1, 0.15) is 17.3 Å². The maximum Gasteiger partial charge on any atom is 0.255 e. The number of methoxy groups -OCH3 is 1. The molecule has 0 heterocycles. The predicted octanol–water partition coefficient (Wildman–Crippen LogP) is 5.01. The van der Waals surface area contributed by atoms with Crippen LogP contribution in [0.25, 0.3) is 11.1 Å². The van der Waals surface area contributed by atoms with E-state index in [0.717, 1.165) is 11.1 Å². The quantitative estimate of drug-likeness (QED) is 0.681. The zero-order chi connectivity index (χ0) is 18.4. The van der Waals surface area contributed by atoms with Crippen LogP contribution in [0.5, 0.6) is 11.5 Å². The zero-order valence-corrected chi connectivity index (χ0v) is 14.9. The third kappa shape index (κ3) is 4.03. The summed E-state index contributed by atoms with van der Waals surface area (Å²) in [5.41, 5.74) is 3.35. The second-order valence-corrected chi connectivity index (χ2v) is 5.69. The number of anilines is 1. The summed E-state index contributed by atoms with van der Waals surface area (Å²) in [6.07, 6.45) is 0. The van der Waals surface area contributed by atoms with Crippen LogP contribution in [0.2, 0.25) is 0 Å². The van der Waals surface area contributed by atoms with Gasteiger partial charge in [-0.05, 0) is 42.3 Å². The molecule has 4 heteroatoms. The van der Waals surface area contributed by atoms with Gasteiger partial charge in [-0.1, -0.05) is 42.5 Å². The van der Waals surface area contributed by atoms with Crippen molar-refractivity contribution < 1.29 is 14.3 Å². The molecular formula is C22H21NO3. The van der Waals surface area contributed by atoms with E-state index < -0.39 is 0 Å². The summed E-state index contributed by atoms with van der Waals surface area (Å²) in [6, 6.07) is 22.9. The normalized spacial score (nSPS) is 10.2. The highest BCUT2D eigenvalue weighted by Gasteiger charge is 2.11. The lowest BCUT2D eigenvalue weighted by molar-refractivity contribution is 0.102. The number of rotatable bonds is 6. The minimum Gasteiger partial charge on any atom is -0.497 e. The molecule has 0 atom stereocenters. The van der Waals surface area contributed by atoms with Gasteiger partial charge >= 0.3 is 0 Å². The largest absolute Gasteiger partial charge is 0.497 e. The van der Waals surface area contributed by atoms with Crippen molar-refractivity contribution in [2.75, 3.05) is 19.0 Å². The van der Waals surface area contributed by atoms with Gasteiger partial charge in [0.2, 0.25) is 0 Å². The fourth-order valence-corrected chi connectivity index (χ4v) is 2.65. The van der Waals surface area contributed by atoms with Gasteiger partial charge < -0.3 is 14.8 Å². The molecule has 0 aliphatic carbocycles. The summed E-state index contributed by atoms with van der Waals surface area (Å²) in [4.78, 5) is 12.6. The molecule has 0 bridgehead atoms. The Bertz CT molecular complexity index is 874. The topological polar surface area (TPSA) is 47.6 Å². The van der Waals surface area contributed by atoms with Crippen molar-refractivity contribution in [3.8, 4) is 22.6 Å². The first-order valence-corrected chi connectivity index (χ1v) is 8.49.